The predicted molar refractivity (Wildman–Crippen MR) is 45.5 cm³/mol. The van der Waals surface area contributed by atoms with Gasteiger partial charge in [0.1, 0.15) is 0 Å². The molecule has 0 aromatic heterocycles. The Morgan fingerprint density at radius 1 is 0.889 bits per heavy atom. The van der Waals surface area contributed by atoms with Gasteiger partial charge in [0.15, 0.2) is 0 Å². The molecular weight excluding hydrogens is 162 g/mol. The molecule has 0 amide bonds. The number of benzene rings is 1. The molecule has 0 unspecified atom stereocenters. The third-order valence-electron chi connectivity index (χ3n) is 0.940. The molecule has 0 bridgehead atoms. The molecule has 0 aliphatic carbocycles. The second-order valence-electron chi connectivity index (χ2n) is 1.65. The molecule has 0 spiro atoms. The van der Waals surface area contributed by atoms with Crippen LogP contribution in [0.1, 0.15) is 5.56 Å². The Kier molecular flexibility index (Phi) is 13.4. The summed E-state index contributed by atoms with van der Waals surface area (Å²) in [7, 11) is 0. The van der Waals surface area contributed by atoms with Crippen molar-refractivity contribution >= 4 is 103 Å². The van der Waals surface area contributed by atoms with Crippen LogP contribution < -0.4 is 0 Å². The summed E-state index contributed by atoms with van der Waals surface area (Å²) in [6.45, 7) is 2.08. The first-order valence-corrected chi connectivity index (χ1v) is 2.41. The Labute approximate surface area is 142 Å². The summed E-state index contributed by atoms with van der Waals surface area (Å²) in [6, 6.07) is 10.3. The summed E-state index contributed by atoms with van der Waals surface area (Å²) < 4.78 is 0. The van der Waals surface area contributed by atoms with E-state index in [0.29, 0.717) is 0 Å². The van der Waals surface area contributed by atoms with Gasteiger partial charge >= 0.3 is 103 Å². The van der Waals surface area contributed by atoms with Gasteiger partial charge in [-0.15, -0.1) is 0 Å². The topological polar surface area (TPSA) is 0 Å². The zero-order valence-corrected chi connectivity index (χ0v) is 4.39. The molecule has 9 heavy (non-hydrogen) atoms. The van der Waals surface area contributed by atoms with Crippen LogP contribution in [0.25, 0.3) is 0 Å². The van der Waals surface area contributed by atoms with Crippen molar-refractivity contribution in [2.75, 3.05) is 0 Å². The molecule has 40 valence electrons. The molecule has 0 heterocycles. The van der Waals surface area contributed by atoms with Crippen LogP contribution >= 0.6 is 0 Å². The van der Waals surface area contributed by atoms with Crippen LogP contribution in [-0.4, -0.2) is 103 Å². The summed E-state index contributed by atoms with van der Waals surface area (Å²) in [5.74, 6) is 0. The summed E-state index contributed by atoms with van der Waals surface area (Å²) in [6.07, 6.45) is 0. The van der Waals surface area contributed by atoms with Gasteiger partial charge in [0.2, 0.25) is 0 Å². The molecule has 0 aliphatic heterocycles. The van der Waals surface area contributed by atoms with E-state index in [1.807, 2.05) is 18.2 Å². The molecule has 0 atom stereocenters. The summed E-state index contributed by atoms with van der Waals surface area (Å²) in [5.41, 5.74) is 1.32. The average molecular weight is 172 g/mol. The summed E-state index contributed by atoms with van der Waals surface area (Å²) >= 11 is 0. The summed E-state index contributed by atoms with van der Waals surface area (Å²) in [5, 5.41) is 0. The Balaban J connectivity index is 0. The Morgan fingerprint density at radius 3 is 1.56 bits per heavy atom. The fourth-order valence-electron chi connectivity index (χ4n) is 0.534. The summed E-state index contributed by atoms with van der Waals surface area (Å²) in [4.78, 5) is 0. The van der Waals surface area contributed by atoms with Crippen LogP contribution in [0, 0.1) is 6.92 Å². The van der Waals surface area contributed by atoms with Crippen molar-refractivity contribution in [3.63, 3.8) is 0 Å². The molecule has 0 aliphatic rings. The van der Waals surface area contributed by atoms with E-state index in [1.54, 1.807) is 0 Å². The van der Waals surface area contributed by atoms with Gasteiger partial charge in [-0.3, -0.25) is 0 Å². The number of rotatable bonds is 0. The van der Waals surface area contributed by atoms with E-state index in [2.05, 4.69) is 19.1 Å². The van der Waals surface area contributed by atoms with E-state index in [1.165, 1.54) is 5.56 Å². The first-order chi connectivity index (χ1) is 3.39. The first kappa shape index (κ1) is 14.0. The SMILES string of the molecule is Cc1ccccc1.[KH].[KH]. The van der Waals surface area contributed by atoms with Gasteiger partial charge in [0.25, 0.3) is 0 Å². The Bertz CT molecular complexity index is 137. The van der Waals surface area contributed by atoms with E-state index >= 15 is 0 Å². The van der Waals surface area contributed by atoms with Crippen LogP contribution in [0.2, 0.25) is 0 Å². The number of hydrogen-bond acceptors (Lipinski definition) is 0. The zero-order valence-electron chi connectivity index (χ0n) is 4.39. The quantitative estimate of drug-likeness (QED) is 0.505. The molecule has 0 fully saturated rings. The number of aryl methyl sites for hydroxylation is 1. The standard InChI is InChI=1S/C7H8.2K.2H/c1-7-5-3-2-4-6-7;;;;/h2-6H,1H3;;;;. The van der Waals surface area contributed by atoms with Crippen LogP contribution in [-0.2, 0) is 0 Å². The van der Waals surface area contributed by atoms with E-state index in [9.17, 15) is 0 Å². The van der Waals surface area contributed by atoms with Crippen molar-refractivity contribution in [3.05, 3.63) is 35.9 Å². The molecule has 0 N–H and O–H groups in total. The van der Waals surface area contributed by atoms with E-state index in [0.717, 1.165) is 0 Å². The van der Waals surface area contributed by atoms with Gasteiger partial charge in [0, 0.05) is 0 Å². The fourth-order valence-corrected chi connectivity index (χ4v) is 0.534. The maximum atomic E-state index is 2.08. The van der Waals surface area contributed by atoms with Gasteiger partial charge in [-0.05, 0) is 6.92 Å². The number of hydrogen-bond donors (Lipinski definition) is 0. The minimum absolute atomic E-state index is 0. The van der Waals surface area contributed by atoms with Crippen molar-refractivity contribution in [2.24, 2.45) is 0 Å². The average Bonchev–Trinajstić information content (AvgIpc) is 1.69. The monoisotopic (exact) mass is 172 g/mol. The maximum absolute atomic E-state index is 2.08. The molecular formula is C7H10K2. The van der Waals surface area contributed by atoms with Crippen molar-refractivity contribution in [1.82, 2.24) is 0 Å². The molecule has 0 saturated carbocycles. The zero-order chi connectivity index (χ0) is 5.11. The molecule has 0 saturated heterocycles. The van der Waals surface area contributed by atoms with Gasteiger partial charge in [-0.2, -0.15) is 0 Å². The van der Waals surface area contributed by atoms with Gasteiger partial charge in [0.05, 0.1) is 0 Å². The van der Waals surface area contributed by atoms with Crippen LogP contribution in [0.4, 0.5) is 0 Å². The molecule has 1 rings (SSSR count). The van der Waals surface area contributed by atoms with Crippen molar-refractivity contribution in [3.8, 4) is 0 Å². The van der Waals surface area contributed by atoms with Crippen LogP contribution in [0.3, 0.4) is 0 Å². The Morgan fingerprint density at radius 2 is 1.33 bits per heavy atom. The predicted octanol–water partition coefficient (Wildman–Crippen LogP) is 0.698. The van der Waals surface area contributed by atoms with Gasteiger partial charge in [-0.25, -0.2) is 0 Å². The van der Waals surface area contributed by atoms with E-state index in [4.69, 9.17) is 0 Å². The third-order valence-corrected chi connectivity index (χ3v) is 0.940. The van der Waals surface area contributed by atoms with Crippen molar-refractivity contribution in [2.45, 2.75) is 6.92 Å². The third kappa shape index (κ3) is 6.87. The fraction of sp³-hybridized carbons (Fsp3) is 0.143. The first-order valence-electron chi connectivity index (χ1n) is 2.41. The molecule has 0 nitrogen and oxygen atoms in total. The Hall–Kier alpha value is 2.49. The second-order valence-corrected chi connectivity index (χ2v) is 1.65. The molecule has 1 aromatic carbocycles. The van der Waals surface area contributed by atoms with Crippen LogP contribution in [0.15, 0.2) is 30.3 Å². The van der Waals surface area contributed by atoms with E-state index in [-0.39, 0.29) is 103 Å². The second kappa shape index (κ2) is 8.59. The van der Waals surface area contributed by atoms with Crippen LogP contribution in [0.5, 0.6) is 0 Å². The minimum atomic E-state index is 0. The molecule has 2 heteroatoms. The van der Waals surface area contributed by atoms with Gasteiger partial charge < -0.3 is 0 Å². The van der Waals surface area contributed by atoms with E-state index < -0.39 is 0 Å². The van der Waals surface area contributed by atoms with Gasteiger partial charge in [-0.1, -0.05) is 35.9 Å². The normalized spacial score (nSPS) is 6.78. The molecule has 1 aromatic rings. The molecule has 0 radical (unpaired) electrons. The van der Waals surface area contributed by atoms with Crippen molar-refractivity contribution in [1.29, 1.82) is 0 Å². The van der Waals surface area contributed by atoms with Crippen molar-refractivity contribution < 1.29 is 0 Å².